The lowest BCUT2D eigenvalue weighted by molar-refractivity contribution is 0.0945. The molecule has 0 radical (unpaired) electrons. The average Bonchev–Trinajstić information content (AvgIpc) is 2.46. The molecule has 0 atom stereocenters. The minimum absolute atomic E-state index is 0.243. The minimum atomic E-state index is -0.243. The molecule has 0 aliphatic heterocycles. The molecule has 2 N–H and O–H groups in total. The van der Waals surface area contributed by atoms with Gasteiger partial charge in [0.15, 0.2) is 0 Å². The van der Waals surface area contributed by atoms with Crippen molar-refractivity contribution in [3.8, 4) is 0 Å². The first-order valence-electron chi connectivity index (χ1n) is 5.71. The molecule has 0 spiro atoms. The van der Waals surface area contributed by atoms with Gasteiger partial charge in [-0.05, 0) is 17.7 Å². The normalized spacial score (nSPS) is 10.0. The average molecular weight is 321 g/mol. The van der Waals surface area contributed by atoms with Crippen molar-refractivity contribution in [2.75, 3.05) is 12.4 Å². The Hall–Kier alpha value is -1.95. The third-order valence-corrected chi connectivity index (χ3v) is 3.02. The van der Waals surface area contributed by atoms with Gasteiger partial charge in [-0.1, -0.05) is 28.1 Å². The summed E-state index contributed by atoms with van der Waals surface area (Å²) < 4.78 is 1.01. The molecule has 98 valence electrons. The Bertz CT molecular complexity index is 571. The summed E-state index contributed by atoms with van der Waals surface area (Å²) in [5.74, 6) is 0.323. The van der Waals surface area contributed by atoms with Crippen LogP contribution in [0.25, 0.3) is 0 Å². The van der Waals surface area contributed by atoms with Crippen LogP contribution in [0, 0.1) is 0 Å². The highest BCUT2D eigenvalue weighted by Crippen LogP contribution is 2.10. The van der Waals surface area contributed by atoms with Crippen LogP contribution >= 0.6 is 15.9 Å². The van der Waals surface area contributed by atoms with E-state index in [1.54, 1.807) is 13.2 Å². The fourth-order valence-electron chi connectivity index (χ4n) is 1.47. The third-order valence-electron chi connectivity index (χ3n) is 2.49. The van der Waals surface area contributed by atoms with Gasteiger partial charge < -0.3 is 10.6 Å². The molecule has 6 heteroatoms. The van der Waals surface area contributed by atoms with E-state index in [1.165, 1.54) is 6.20 Å². The number of hydrogen-bond acceptors (Lipinski definition) is 4. The SMILES string of the molecule is CNc1cncc(C(=O)NCc2ccc(Br)cc2)n1. The smallest absolute Gasteiger partial charge is 0.271 e. The highest BCUT2D eigenvalue weighted by Gasteiger charge is 2.08. The van der Waals surface area contributed by atoms with Crippen LogP contribution in [0.1, 0.15) is 16.1 Å². The summed E-state index contributed by atoms with van der Waals surface area (Å²) in [6.45, 7) is 0.456. The molecule has 0 saturated carbocycles. The summed E-state index contributed by atoms with van der Waals surface area (Å²) in [5.41, 5.74) is 1.32. The quantitative estimate of drug-likeness (QED) is 0.906. The van der Waals surface area contributed by atoms with Crippen molar-refractivity contribution in [1.29, 1.82) is 0 Å². The van der Waals surface area contributed by atoms with Gasteiger partial charge in [0.05, 0.1) is 12.4 Å². The van der Waals surface area contributed by atoms with Gasteiger partial charge in [-0.15, -0.1) is 0 Å². The lowest BCUT2D eigenvalue weighted by atomic mass is 10.2. The topological polar surface area (TPSA) is 66.9 Å². The van der Waals surface area contributed by atoms with Crippen LogP contribution < -0.4 is 10.6 Å². The number of rotatable bonds is 4. The summed E-state index contributed by atoms with van der Waals surface area (Å²) in [5, 5.41) is 5.64. The zero-order valence-corrected chi connectivity index (χ0v) is 11.9. The Balaban J connectivity index is 1.99. The summed E-state index contributed by atoms with van der Waals surface area (Å²) in [7, 11) is 1.73. The van der Waals surface area contributed by atoms with Gasteiger partial charge in [-0.25, -0.2) is 4.98 Å². The number of hydrogen-bond donors (Lipinski definition) is 2. The second-order valence-corrected chi connectivity index (χ2v) is 4.76. The van der Waals surface area contributed by atoms with E-state index in [9.17, 15) is 4.79 Å². The lowest BCUT2D eigenvalue weighted by Crippen LogP contribution is -2.24. The van der Waals surface area contributed by atoms with Gasteiger partial charge in [-0.2, -0.15) is 0 Å². The molecule has 1 amide bonds. The Morgan fingerprint density at radius 3 is 2.68 bits per heavy atom. The molecule has 0 saturated heterocycles. The van der Waals surface area contributed by atoms with Crippen LogP contribution in [-0.4, -0.2) is 22.9 Å². The standard InChI is InChI=1S/C13H13BrN4O/c1-15-12-8-16-7-11(18-12)13(19)17-6-9-2-4-10(14)5-3-9/h2-5,7-8H,6H2,1H3,(H,15,18)(H,17,19). The minimum Gasteiger partial charge on any atom is -0.372 e. The molecule has 2 aromatic rings. The number of halogens is 1. The van der Waals surface area contributed by atoms with Crippen molar-refractivity contribution in [1.82, 2.24) is 15.3 Å². The highest BCUT2D eigenvalue weighted by atomic mass is 79.9. The summed E-state index contributed by atoms with van der Waals surface area (Å²) in [6, 6.07) is 7.76. The van der Waals surface area contributed by atoms with Crippen molar-refractivity contribution in [2.24, 2.45) is 0 Å². The van der Waals surface area contributed by atoms with Crippen molar-refractivity contribution >= 4 is 27.7 Å². The second kappa shape index (κ2) is 6.29. The zero-order chi connectivity index (χ0) is 13.7. The second-order valence-electron chi connectivity index (χ2n) is 3.85. The number of nitrogens with one attached hydrogen (secondary N) is 2. The first kappa shape index (κ1) is 13.5. The fourth-order valence-corrected chi connectivity index (χ4v) is 1.74. The maximum Gasteiger partial charge on any atom is 0.271 e. The number of anilines is 1. The zero-order valence-electron chi connectivity index (χ0n) is 10.4. The maximum atomic E-state index is 11.9. The molecule has 2 rings (SSSR count). The van der Waals surface area contributed by atoms with Crippen LogP contribution in [0.15, 0.2) is 41.1 Å². The van der Waals surface area contributed by atoms with Gasteiger partial charge in [0.1, 0.15) is 11.5 Å². The summed E-state index contributed by atoms with van der Waals surface area (Å²) >= 11 is 3.37. The number of carbonyl (C=O) groups excluding carboxylic acids is 1. The molecule has 0 fully saturated rings. The molecule has 1 aromatic heterocycles. The molecule has 0 aliphatic carbocycles. The fraction of sp³-hybridized carbons (Fsp3) is 0.154. The Morgan fingerprint density at radius 1 is 1.26 bits per heavy atom. The molecule has 1 heterocycles. The third kappa shape index (κ3) is 3.75. The van der Waals surface area contributed by atoms with Crippen LogP contribution in [-0.2, 0) is 6.54 Å². The van der Waals surface area contributed by atoms with Gasteiger partial charge in [0, 0.05) is 18.1 Å². The van der Waals surface area contributed by atoms with Gasteiger partial charge >= 0.3 is 0 Å². The van der Waals surface area contributed by atoms with E-state index in [2.05, 4.69) is 36.5 Å². The number of carbonyl (C=O) groups is 1. The molecular weight excluding hydrogens is 308 g/mol. The lowest BCUT2D eigenvalue weighted by Gasteiger charge is -2.06. The van der Waals surface area contributed by atoms with Crippen LogP contribution in [0.2, 0.25) is 0 Å². The van der Waals surface area contributed by atoms with E-state index < -0.39 is 0 Å². The summed E-state index contributed by atoms with van der Waals surface area (Å²) in [4.78, 5) is 20.0. The van der Waals surface area contributed by atoms with Crippen molar-refractivity contribution in [2.45, 2.75) is 6.54 Å². The van der Waals surface area contributed by atoms with E-state index >= 15 is 0 Å². The maximum absolute atomic E-state index is 11.9. The van der Waals surface area contributed by atoms with E-state index in [1.807, 2.05) is 24.3 Å². The highest BCUT2D eigenvalue weighted by molar-refractivity contribution is 9.10. The first-order chi connectivity index (χ1) is 9.19. The summed E-state index contributed by atoms with van der Waals surface area (Å²) in [6.07, 6.45) is 3.00. The predicted octanol–water partition coefficient (Wildman–Crippen LogP) is 2.21. The van der Waals surface area contributed by atoms with E-state index in [0.717, 1.165) is 10.0 Å². The molecule has 5 nitrogen and oxygen atoms in total. The van der Waals surface area contributed by atoms with E-state index in [-0.39, 0.29) is 5.91 Å². The molecule has 0 unspecified atom stereocenters. The molecule has 0 bridgehead atoms. The molecule has 19 heavy (non-hydrogen) atoms. The predicted molar refractivity (Wildman–Crippen MR) is 76.9 cm³/mol. The molecule has 1 aromatic carbocycles. The monoisotopic (exact) mass is 320 g/mol. The number of nitrogens with zero attached hydrogens (tertiary/aromatic N) is 2. The number of amides is 1. The first-order valence-corrected chi connectivity index (χ1v) is 6.51. The largest absolute Gasteiger partial charge is 0.372 e. The Labute approximate surface area is 119 Å². The van der Waals surface area contributed by atoms with Crippen LogP contribution in [0.3, 0.4) is 0 Å². The van der Waals surface area contributed by atoms with Crippen LogP contribution in [0.5, 0.6) is 0 Å². The Morgan fingerprint density at radius 2 is 2.00 bits per heavy atom. The number of benzene rings is 1. The van der Waals surface area contributed by atoms with E-state index in [4.69, 9.17) is 0 Å². The van der Waals surface area contributed by atoms with Crippen LogP contribution in [0.4, 0.5) is 5.82 Å². The van der Waals surface area contributed by atoms with Gasteiger partial charge in [0.2, 0.25) is 0 Å². The molecule has 0 aliphatic rings. The van der Waals surface area contributed by atoms with Gasteiger partial charge in [-0.3, -0.25) is 9.78 Å². The van der Waals surface area contributed by atoms with Crippen molar-refractivity contribution < 1.29 is 4.79 Å². The van der Waals surface area contributed by atoms with Crippen molar-refractivity contribution in [3.05, 3.63) is 52.4 Å². The Kier molecular flexibility index (Phi) is 4.46. The molecular formula is C13H13BrN4O. The van der Waals surface area contributed by atoms with Gasteiger partial charge in [0.25, 0.3) is 5.91 Å². The van der Waals surface area contributed by atoms with E-state index in [0.29, 0.717) is 18.1 Å². The number of aromatic nitrogens is 2. The van der Waals surface area contributed by atoms with Crippen molar-refractivity contribution in [3.63, 3.8) is 0 Å².